The molecule has 198 valence electrons. The van der Waals surface area contributed by atoms with Crippen LogP contribution in [0.15, 0.2) is 48.5 Å². The standard InChI is InChI=1S/C28H35ClN4O3S/c1-3-36-24-11-7-22(8-12-24)30-26(34)19-25-27(35)33(23-9-5-21(29)6-10-23)28(37)32(25)16-4-15-31-17-13-20(2)14-18-31/h5-12,20,25H,3-4,13-19H2,1-2H3,(H,30,34)/t25-/m0/s1. The maximum absolute atomic E-state index is 13.6. The maximum atomic E-state index is 13.6. The molecule has 2 heterocycles. The number of benzene rings is 2. The Balaban J connectivity index is 1.44. The molecule has 0 saturated carbocycles. The highest BCUT2D eigenvalue weighted by Crippen LogP contribution is 2.29. The van der Waals surface area contributed by atoms with Crippen molar-refractivity contribution >= 4 is 52.1 Å². The maximum Gasteiger partial charge on any atom is 0.256 e. The van der Waals surface area contributed by atoms with Crippen molar-refractivity contribution < 1.29 is 14.3 Å². The van der Waals surface area contributed by atoms with Gasteiger partial charge in [0.05, 0.1) is 18.7 Å². The van der Waals surface area contributed by atoms with E-state index in [0.29, 0.717) is 34.7 Å². The summed E-state index contributed by atoms with van der Waals surface area (Å²) in [5.74, 6) is 1.09. The van der Waals surface area contributed by atoms with Gasteiger partial charge in [-0.2, -0.15) is 0 Å². The van der Waals surface area contributed by atoms with Crippen LogP contribution in [0.25, 0.3) is 0 Å². The third-order valence-electron chi connectivity index (χ3n) is 6.98. The second kappa shape index (κ2) is 12.7. The lowest BCUT2D eigenvalue weighted by molar-refractivity contribution is -0.124. The number of likely N-dealkylation sites (tertiary alicyclic amines) is 1. The molecule has 2 aliphatic heterocycles. The molecule has 2 aromatic carbocycles. The van der Waals surface area contributed by atoms with Gasteiger partial charge in [0.2, 0.25) is 5.91 Å². The molecule has 9 heteroatoms. The Hall–Kier alpha value is -2.68. The van der Waals surface area contributed by atoms with Crippen LogP contribution >= 0.6 is 23.8 Å². The van der Waals surface area contributed by atoms with Gasteiger partial charge in [0.1, 0.15) is 11.8 Å². The lowest BCUT2D eigenvalue weighted by Gasteiger charge is -2.31. The average molecular weight is 543 g/mol. The molecule has 4 rings (SSSR count). The molecule has 2 aliphatic rings. The van der Waals surface area contributed by atoms with Crippen LogP contribution in [0.3, 0.4) is 0 Å². The minimum absolute atomic E-state index is 0.0114. The number of piperidine rings is 1. The third kappa shape index (κ3) is 7.00. The number of rotatable bonds is 10. The summed E-state index contributed by atoms with van der Waals surface area (Å²) in [6, 6.07) is 13.6. The Bertz CT molecular complexity index is 1090. The summed E-state index contributed by atoms with van der Waals surface area (Å²) in [4.78, 5) is 32.5. The first kappa shape index (κ1) is 27.4. The van der Waals surface area contributed by atoms with E-state index in [4.69, 9.17) is 28.6 Å². The molecule has 0 aliphatic carbocycles. The van der Waals surface area contributed by atoms with Crippen molar-refractivity contribution in [2.45, 2.75) is 45.6 Å². The largest absolute Gasteiger partial charge is 0.494 e. The highest BCUT2D eigenvalue weighted by molar-refractivity contribution is 7.80. The number of hydrogen-bond donors (Lipinski definition) is 1. The lowest BCUT2D eigenvalue weighted by atomic mass is 9.99. The molecular formula is C28H35ClN4O3S. The first-order chi connectivity index (χ1) is 17.9. The highest BCUT2D eigenvalue weighted by Gasteiger charge is 2.43. The van der Waals surface area contributed by atoms with Crippen LogP contribution in [0.2, 0.25) is 5.02 Å². The molecule has 1 atom stereocenters. The predicted molar refractivity (Wildman–Crippen MR) is 152 cm³/mol. The number of halogens is 1. The Kier molecular flexibility index (Phi) is 9.40. The highest BCUT2D eigenvalue weighted by atomic mass is 35.5. The van der Waals surface area contributed by atoms with E-state index in [9.17, 15) is 9.59 Å². The normalized spacial score (nSPS) is 18.9. The van der Waals surface area contributed by atoms with E-state index >= 15 is 0 Å². The smallest absolute Gasteiger partial charge is 0.256 e. The van der Waals surface area contributed by atoms with Gasteiger partial charge in [0.25, 0.3) is 5.91 Å². The molecule has 0 spiro atoms. The fourth-order valence-corrected chi connectivity index (χ4v) is 5.39. The number of nitrogens with zero attached hydrogens (tertiary/aromatic N) is 3. The number of ether oxygens (including phenoxy) is 1. The van der Waals surface area contributed by atoms with E-state index in [-0.39, 0.29) is 18.2 Å². The van der Waals surface area contributed by atoms with Crippen LogP contribution in [0, 0.1) is 5.92 Å². The molecule has 1 N–H and O–H groups in total. The molecule has 0 bridgehead atoms. The fourth-order valence-electron chi connectivity index (χ4n) is 4.85. The predicted octanol–water partition coefficient (Wildman–Crippen LogP) is 5.19. The molecule has 0 aromatic heterocycles. The zero-order valence-corrected chi connectivity index (χ0v) is 23.1. The Labute approximate surface area is 229 Å². The van der Waals surface area contributed by atoms with Gasteiger partial charge in [0.15, 0.2) is 5.11 Å². The summed E-state index contributed by atoms with van der Waals surface area (Å²) in [5.41, 5.74) is 1.31. The molecule has 2 amide bonds. The number of nitrogens with one attached hydrogen (secondary N) is 1. The summed E-state index contributed by atoms with van der Waals surface area (Å²) >= 11 is 11.8. The van der Waals surface area contributed by atoms with Crippen molar-refractivity contribution in [2.24, 2.45) is 5.92 Å². The van der Waals surface area contributed by atoms with Crippen LogP contribution < -0.4 is 15.0 Å². The van der Waals surface area contributed by atoms with E-state index in [1.54, 1.807) is 36.4 Å². The summed E-state index contributed by atoms with van der Waals surface area (Å²) in [7, 11) is 0. The number of thiocarbonyl (C=S) groups is 1. The van der Waals surface area contributed by atoms with E-state index in [1.807, 2.05) is 24.0 Å². The molecule has 0 radical (unpaired) electrons. The Morgan fingerprint density at radius 1 is 1.08 bits per heavy atom. The topological polar surface area (TPSA) is 65.1 Å². The number of anilines is 2. The minimum Gasteiger partial charge on any atom is -0.494 e. The van der Waals surface area contributed by atoms with Crippen molar-refractivity contribution in [3.05, 3.63) is 53.6 Å². The minimum atomic E-state index is -0.660. The van der Waals surface area contributed by atoms with Crippen molar-refractivity contribution in [2.75, 3.05) is 43.0 Å². The number of carbonyl (C=O) groups excluding carboxylic acids is 2. The zero-order valence-electron chi connectivity index (χ0n) is 21.5. The van der Waals surface area contributed by atoms with E-state index in [0.717, 1.165) is 37.7 Å². The quantitative estimate of drug-likeness (QED) is 0.417. The van der Waals surface area contributed by atoms with Crippen molar-refractivity contribution in [3.8, 4) is 5.75 Å². The molecule has 37 heavy (non-hydrogen) atoms. The van der Waals surface area contributed by atoms with Gasteiger partial charge in [0, 0.05) is 17.3 Å². The van der Waals surface area contributed by atoms with Gasteiger partial charge >= 0.3 is 0 Å². The Morgan fingerprint density at radius 2 is 1.76 bits per heavy atom. The van der Waals surface area contributed by atoms with E-state index in [2.05, 4.69) is 17.1 Å². The first-order valence-corrected chi connectivity index (χ1v) is 13.8. The molecular weight excluding hydrogens is 508 g/mol. The molecule has 2 saturated heterocycles. The van der Waals surface area contributed by atoms with Gasteiger partial charge in [-0.05, 0) is 112 Å². The van der Waals surface area contributed by atoms with Gasteiger partial charge in [-0.3, -0.25) is 14.5 Å². The average Bonchev–Trinajstić information content (AvgIpc) is 3.11. The third-order valence-corrected chi connectivity index (χ3v) is 7.65. The van der Waals surface area contributed by atoms with Gasteiger partial charge in [-0.15, -0.1) is 0 Å². The number of hydrogen-bond acceptors (Lipinski definition) is 5. The summed E-state index contributed by atoms with van der Waals surface area (Å²) in [6.45, 7) is 8.58. The Morgan fingerprint density at radius 3 is 2.41 bits per heavy atom. The second-order valence-corrected chi connectivity index (χ2v) is 10.5. The first-order valence-electron chi connectivity index (χ1n) is 13.0. The van der Waals surface area contributed by atoms with Crippen LogP contribution in [-0.4, -0.2) is 65.6 Å². The van der Waals surface area contributed by atoms with Gasteiger partial charge < -0.3 is 19.9 Å². The van der Waals surface area contributed by atoms with E-state index in [1.165, 1.54) is 17.7 Å². The van der Waals surface area contributed by atoms with Crippen molar-refractivity contribution in [1.29, 1.82) is 0 Å². The summed E-state index contributed by atoms with van der Waals surface area (Å²) < 4.78 is 5.47. The summed E-state index contributed by atoms with van der Waals surface area (Å²) in [6.07, 6.45) is 3.32. The zero-order chi connectivity index (χ0) is 26.4. The van der Waals surface area contributed by atoms with Crippen LogP contribution in [0.5, 0.6) is 5.75 Å². The van der Waals surface area contributed by atoms with Gasteiger partial charge in [-0.1, -0.05) is 18.5 Å². The summed E-state index contributed by atoms with van der Waals surface area (Å²) in [5, 5.41) is 3.92. The van der Waals surface area contributed by atoms with Crippen LogP contribution in [-0.2, 0) is 9.59 Å². The SMILES string of the molecule is CCOc1ccc(NC(=O)C[C@H]2C(=O)N(c3ccc(Cl)cc3)C(=S)N2CCCN2CCC(C)CC2)cc1. The lowest BCUT2D eigenvalue weighted by Crippen LogP contribution is -2.40. The van der Waals surface area contributed by atoms with Crippen molar-refractivity contribution in [1.82, 2.24) is 9.80 Å². The monoisotopic (exact) mass is 542 g/mol. The second-order valence-electron chi connectivity index (χ2n) is 9.73. The molecule has 0 unspecified atom stereocenters. The molecule has 2 fully saturated rings. The van der Waals surface area contributed by atoms with Crippen LogP contribution in [0.1, 0.15) is 39.5 Å². The number of amides is 2. The molecule has 2 aromatic rings. The fraction of sp³-hybridized carbons (Fsp3) is 0.464. The van der Waals surface area contributed by atoms with Crippen LogP contribution in [0.4, 0.5) is 11.4 Å². The van der Waals surface area contributed by atoms with E-state index < -0.39 is 6.04 Å². The number of carbonyl (C=O) groups is 2. The van der Waals surface area contributed by atoms with Crippen molar-refractivity contribution in [3.63, 3.8) is 0 Å². The molecule has 7 nitrogen and oxygen atoms in total. The van der Waals surface area contributed by atoms with Gasteiger partial charge in [-0.25, -0.2) is 0 Å².